The van der Waals surface area contributed by atoms with E-state index < -0.39 is 0 Å². The van der Waals surface area contributed by atoms with Gasteiger partial charge >= 0.3 is 0 Å². The summed E-state index contributed by atoms with van der Waals surface area (Å²) in [5, 5.41) is 1.39. The number of thiophene rings is 1. The van der Waals surface area contributed by atoms with Crippen molar-refractivity contribution in [1.29, 1.82) is 0 Å². The molecule has 64 valence electrons. The van der Waals surface area contributed by atoms with E-state index in [0.29, 0.717) is 0 Å². The van der Waals surface area contributed by atoms with Crippen LogP contribution in [-0.4, -0.2) is 0 Å². The van der Waals surface area contributed by atoms with Gasteiger partial charge in [-0.1, -0.05) is 48.3 Å². The molecule has 0 saturated heterocycles. The van der Waals surface area contributed by atoms with Crippen LogP contribution in [0.3, 0.4) is 0 Å². The lowest BCUT2D eigenvalue weighted by atomic mass is 10.3. The Bertz CT molecular complexity index is 496. The number of thioether (sulfide) groups is 2. The van der Waals surface area contributed by atoms with Gasteiger partial charge in [-0.25, -0.2) is 0 Å². The van der Waals surface area contributed by atoms with Gasteiger partial charge in [0, 0.05) is 19.2 Å². The monoisotopic (exact) mass is 222 g/mol. The fourth-order valence-corrected chi connectivity index (χ4v) is 5.37. The summed E-state index contributed by atoms with van der Waals surface area (Å²) in [6, 6.07) is 8.57. The molecule has 0 amide bonds. The molecule has 0 N–H and O–H groups in total. The fraction of sp³-hybridized carbons (Fsp3) is 0. The van der Waals surface area contributed by atoms with Gasteiger partial charge in [-0.05, 0) is 6.07 Å². The second kappa shape index (κ2) is 2.80. The molecule has 0 bridgehead atoms. The molecule has 0 unspecified atom stereocenters. The summed E-state index contributed by atoms with van der Waals surface area (Å²) < 4.78 is 4.00. The van der Waals surface area contributed by atoms with Gasteiger partial charge in [0.05, 0.1) is 4.21 Å². The molecule has 1 aromatic carbocycles. The van der Waals surface area contributed by atoms with Crippen LogP contribution in [0.1, 0.15) is 0 Å². The molecular weight excluding hydrogens is 216 g/mol. The zero-order chi connectivity index (χ0) is 8.84. The maximum absolute atomic E-state index is 3.98. The van der Waals surface area contributed by atoms with E-state index in [1.807, 2.05) is 11.3 Å². The van der Waals surface area contributed by atoms with Crippen molar-refractivity contribution >= 4 is 44.9 Å². The molecule has 1 aromatic heterocycles. The van der Waals surface area contributed by atoms with Crippen molar-refractivity contribution in [3.8, 4) is 0 Å². The lowest BCUT2D eigenvalue weighted by Gasteiger charge is -1.91. The molecule has 0 radical (unpaired) electrons. The summed E-state index contributed by atoms with van der Waals surface area (Å²) in [5.41, 5.74) is 0. The average molecular weight is 222 g/mol. The second-order valence-electron chi connectivity index (χ2n) is 2.79. The number of fused-ring (bicyclic) bond motifs is 3. The highest BCUT2D eigenvalue weighted by atomic mass is 32.2. The van der Waals surface area contributed by atoms with Crippen LogP contribution in [0.4, 0.5) is 0 Å². The largest absolute Gasteiger partial charge is 0.127 e. The third-order valence-electron chi connectivity index (χ3n) is 1.94. The summed E-state index contributed by atoms with van der Waals surface area (Å²) in [6.07, 6.45) is 0. The van der Waals surface area contributed by atoms with Crippen LogP contribution in [0.15, 0.2) is 44.2 Å². The SMILES string of the molecule is C=C1Sc2sc3ccccc3c2S1. The normalized spacial score (nSPS) is 15.2. The summed E-state index contributed by atoms with van der Waals surface area (Å²) in [6.45, 7) is 3.98. The molecule has 1 aliphatic heterocycles. The number of hydrogen-bond donors (Lipinski definition) is 0. The predicted octanol–water partition coefficient (Wildman–Crippen LogP) is 4.57. The van der Waals surface area contributed by atoms with Crippen molar-refractivity contribution in [2.24, 2.45) is 0 Å². The van der Waals surface area contributed by atoms with E-state index in [4.69, 9.17) is 0 Å². The summed E-state index contributed by atoms with van der Waals surface area (Å²) in [4.78, 5) is 1.41. The van der Waals surface area contributed by atoms with Crippen LogP contribution in [-0.2, 0) is 0 Å². The summed E-state index contributed by atoms with van der Waals surface area (Å²) in [7, 11) is 0. The third-order valence-corrected chi connectivity index (χ3v) is 5.64. The predicted molar refractivity (Wildman–Crippen MR) is 62.7 cm³/mol. The highest BCUT2D eigenvalue weighted by Gasteiger charge is 2.21. The van der Waals surface area contributed by atoms with E-state index >= 15 is 0 Å². The van der Waals surface area contributed by atoms with E-state index in [9.17, 15) is 0 Å². The minimum atomic E-state index is 1.20. The fourth-order valence-electron chi connectivity index (χ4n) is 1.40. The van der Waals surface area contributed by atoms with Gasteiger partial charge in [0.1, 0.15) is 0 Å². The lowest BCUT2D eigenvalue weighted by molar-refractivity contribution is 1.48. The maximum Gasteiger partial charge on any atom is 0.0803 e. The van der Waals surface area contributed by atoms with Crippen LogP contribution >= 0.6 is 34.9 Å². The molecule has 2 heterocycles. The van der Waals surface area contributed by atoms with Crippen molar-refractivity contribution < 1.29 is 0 Å². The minimum absolute atomic E-state index is 1.20. The van der Waals surface area contributed by atoms with Crippen LogP contribution in [0.2, 0.25) is 0 Å². The van der Waals surface area contributed by atoms with Gasteiger partial charge in [-0.15, -0.1) is 11.3 Å². The van der Waals surface area contributed by atoms with Gasteiger partial charge < -0.3 is 0 Å². The Balaban J connectivity index is 2.37. The molecule has 1 aliphatic rings. The Morgan fingerprint density at radius 3 is 2.85 bits per heavy atom. The molecule has 0 saturated carbocycles. The second-order valence-corrected chi connectivity index (χ2v) is 6.57. The van der Waals surface area contributed by atoms with Crippen LogP contribution < -0.4 is 0 Å². The first-order valence-electron chi connectivity index (χ1n) is 3.91. The molecule has 3 heteroatoms. The van der Waals surface area contributed by atoms with Crippen molar-refractivity contribution in [2.75, 3.05) is 0 Å². The van der Waals surface area contributed by atoms with E-state index in [0.717, 1.165) is 0 Å². The number of hydrogen-bond acceptors (Lipinski definition) is 3. The van der Waals surface area contributed by atoms with Crippen LogP contribution in [0, 0.1) is 0 Å². The average Bonchev–Trinajstić information content (AvgIpc) is 2.60. The first-order valence-corrected chi connectivity index (χ1v) is 6.36. The summed E-state index contributed by atoms with van der Waals surface area (Å²) >= 11 is 5.48. The molecule has 0 fully saturated rings. The van der Waals surface area contributed by atoms with Crippen molar-refractivity contribution in [1.82, 2.24) is 0 Å². The highest BCUT2D eigenvalue weighted by molar-refractivity contribution is 8.25. The zero-order valence-corrected chi connectivity index (χ0v) is 9.19. The molecular formula is C10H6S3. The third kappa shape index (κ3) is 1.15. The highest BCUT2D eigenvalue weighted by Crippen LogP contribution is 2.56. The van der Waals surface area contributed by atoms with Gasteiger partial charge in [-0.3, -0.25) is 0 Å². The smallest absolute Gasteiger partial charge is 0.0803 e. The van der Waals surface area contributed by atoms with Crippen molar-refractivity contribution in [3.05, 3.63) is 35.1 Å². The van der Waals surface area contributed by atoms with E-state index in [1.165, 1.54) is 23.4 Å². The molecule has 13 heavy (non-hydrogen) atoms. The van der Waals surface area contributed by atoms with E-state index in [2.05, 4.69) is 30.8 Å². The van der Waals surface area contributed by atoms with Gasteiger partial charge in [-0.2, -0.15) is 0 Å². The Labute approximate surface area is 89.0 Å². The van der Waals surface area contributed by atoms with Crippen molar-refractivity contribution in [2.45, 2.75) is 9.10 Å². The number of rotatable bonds is 0. The van der Waals surface area contributed by atoms with Gasteiger partial charge in [0.25, 0.3) is 0 Å². The van der Waals surface area contributed by atoms with E-state index in [-0.39, 0.29) is 0 Å². The molecule has 0 atom stereocenters. The first kappa shape index (κ1) is 7.97. The first-order chi connectivity index (χ1) is 6.34. The van der Waals surface area contributed by atoms with Crippen molar-refractivity contribution in [3.63, 3.8) is 0 Å². The Kier molecular flexibility index (Phi) is 1.72. The Hall–Kier alpha value is -0.380. The molecule has 2 aromatic rings. The Morgan fingerprint density at radius 1 is 1.08 bits per heavy atom. The molecule has 0 spiro atoms. The van der Waals surface area contributed by atoms with Gasteiger partial charge in [0.2, 0.25) is 0 Å². The minimum Gasteiger partial charge on any atom is -0.127 e. The van der Waals surface area contributed by atoms with Crippen LogP contribution in [0.5, 0.6) is 0 Å². The van der Waals surface area contributed by atoms with E-state index in [1.54, 1.807) is 23.5 Å². The van der Waals surface area contributed by atoms with Crippen LogP contribution in [0.25, 0.3) is 10.1 Å². The maximum atomic E-state index is 3.98. The standard InChI is InChI=1S/C10H6S3/c1-6-11-9-7-4-2-3-5-8(7)13-10(9)12-6/h2-5H,1H2. The Morgan fingerprint density at radius 2 is 1.92 bits per heavy atom. The number of benzene rings is 1. The quantitative estimate of drug-likeness (QED) is 0.640. The molecule has 3 rings (SSSR count). The topological polar surface area (TPSA) is 0 Å². The van der Waals surface area contributed by atoms with Gasteiger partial charge in [0.15, 0.2) is 0 Å². The lowest BCUT2D eigenvalue weighted by Crippen LogP contribution is -1.63. The summed E-state index contributed by atoms with van der Waals surface area (Å²) in [5.74, 6) is 0. The molecule has 0 nitrogen and oxygen atoms in total. The zero-order valence-electron chi connectivity index (χ0n) is 6.74. The molecule has 0 aliphatic carbocycles.